The summed E-state index contributed by atoms with van der Waals surface area (Å²) in [5.41, 5.74) is -0.380. The lowest BCUT2D eigenvalue weighted by Crippen LogP contribution is -2.06. The summed E-state index contributed by atoms with van der Waals surface area (Å²) in [6.45, 7) is 17.0. The minimum atomic E-state index is -1.23. The first-order valence-corrected chi connectivity index (χ1v) is 6.44. The zero-order chi connectivity index (χ0) is 18.7. The average Bonchev–Trinajstić information content (AvgIpc) is 2.50. The largest absolute Gasteiger partial charge is 0.478 e. The van der Waals surface area contributed by atoms with Crippen molar-refractivity contribution in [1.29, 1.82) is 0 Å². The Morgan fingerprint density at radius 1 is 0.870 bits per heavy atom. The van der Waals surface area contributed by atoms with E-state index in [1.807, 2.05) is 13.8 Å². The van der Waals surface area contributed by atoms with Crippen LogP contribution in [0.4, 0.5) is 0 Å². The summed E-state index contributed by atoms with van der Waals surface area (Å²) in [6, 6.07) is 5.48. The van der Waals surface area contributed by atoms with E-state index in [0.717, 1.165) is 0 Å². The average molecular weight is 320 g/mol. The highest BCUT2D eigenvalue weighted by Gasteiger charge is 2.13. The molecular weight excluding hydrogens is 296 g/mol. The van der Waals surface area contributed by atoms with Gasteiger partial charge in [-0.05, 0) is 26.0 Å². The van der Waals surface area contributed by atoms with Crippen molar-refractivity contribution in [3.63, 3.8) is 0 Å². The summed E-state index contributed by atoms with van der Waals surface area (Å²) >= 11 is 0. The standard InChI is InChI=1S/C8H6O4.C4H6O.2C3H6/c9-7(10)5-3-1-2-4-6(5)8(11)12;1-3-5-4-2;2*1-3-2/h1-4H,(H,9,10)(H,11,12);3-4H,1-2H2;2*3H,1H2,2H3. The predicted molar refractivity (Wildman–Crippen MR) is 93.6 cm³/mol. The fourth-order valence-electron chi connectivity index (χ4n) is 0.924. The van der Waals surface area contributed by atoms with E-state index >= 15 is 0 Å². The number of carbonyl (C=O) groups is 2. The van der Waals surface area contributed by atoms with Crippen molar-refractivity contribution in [2.45, 2.75) is 13.8 Å². The molecule has 0 bridgehead atoms. The van der Waals surface area contributed by atoms with E-state index in [1.54, 1.807) is 12.2 Å². The van der Waals surface area contributed by atoms with Crippen LogP contribution in [0.1, 0.15) is 34.6 Å². The van der Waals surface area contributed by atoms with Crippen LogP contribution in [-0.4, -0.2) is 22.2 Å². The number of aromatic carboxylic acids is 2. The molecule has 0 aliphatic heterocycles. The quantitative estimate of drug-likeness (QED) is 0.617. The van der Waals surface area contributed by atoms with E-state index in [0.29, 0.717) is 0 Å². The molecule has 0 spiro atoms. The van der Waals surface area contributed by atoms with Crippen molar-refractivity contribution in [2.75, 3.05) is 0 Å². The van der Waals surface area contributed by atoms with Crippen LogP contribution in [-0.2, 0) is 4.74 Å². The maximum atomic E-state index is 10.5. The van der Waals surface area contributed by atoms with E-state index in [9.17, 15) is 9.59 Å². The van der Waals surface area contributed by atoms with Gasteiger partial charge in [0.15, 0.2) is 0 Å². The maximum Gasteiger partial charge on any atom is 0.336 e. The SMILES string of the molecule is C=CC.C=CC.C=COC=C.O=C(O)c1ccccc1C(=O)O. The highest BCUT2D eigenvalue weighted by Crippen LogP contribution is 2.07. The van der Waals surface area contributed by atoms with E-state index in [1.165, 1.54) is 36.8 Å². The minimum Gasteiger partial charge on any atom is -0.478 e. The van der Waals surface area contributed by atoms with Gasteiger partial charge >= 0.3 is 11.9 Å². The lowest BCUT2D eigenvalue weighted by atomic mass is 10.1. The van der Waals surface area contributed by atoms with Gasteiger partial charge in [0.1, 0.15) is 0 Å². The van der Waals surface area contributed by atoms with Gasteiger partial charge in [0.05, 0.1) is 23.7 Å². The number of carboxylic acid groups (broad SMARTS) is 2. The molecule has 23 heavy (non-hydrogen) atoms. The van der Waals surface area contributed by atoms with Crippen molar-refractivity contribution in [3.8, 4) is 0 Å². The van der Waals surface area contributed by atoms with Crippen LogP contribution in [0.25, 0.3) is 0 Å². The van der Waals surface area contributed by atoms with Gasteiger partial charge in [-0.25, -0.2) is 9.59 Å². The third kappa shape index (κ3) is 16.9. The first-order valence-electron chi connectivity index (χ1n) is 6.44. The molecule has 0 atom stereocenters. The predicted octanol–water partition coefficient (Wildman–Crippen LogP) is 4.76. The molecule has 1 rings (SSSR count). The van der Waals surface area contributed by atoms with Gasteiger partial charge in [-0.1, -0.05) is 37.4 Å². The molecule has 0 saturated heterocycles. The Bertz CT molecular complexity index is 459. The number of hydrogen-bond acceptors (Lipinski definition) is 3. The molecule has 0 aliphatic rings. The number of hydrogen-bond donors (Lipinski definition) is 2. The van der Waals surface area contributed by atoms with E-state index in [-0.39, 0.29) is 11.1 Å². The van der Waals surface area contributed by atoms with Gasteiger partial charge in [0.2, 0.25) is 0 Å². The second kappa shape index (κ2) is 18.9. The molecular formula is C18H24O5. The summed E-state index contributed by atoms with van der Waals surface area (Å²) in [5, 5.41) is 17.1. The monoisotopic (exact) mass is 320 g/mol. The van der Waals surface area contributed by atoms with Crippen LogP contribution >= 0.6 is 0 Å². The van der Waals surface area contributed by atoms with Crippen LogP contribution in [0.5, 0.6) is 0 Å². The Morgan fingerprint density at radius 2 is 1.13 bits per heavy atom. The fourth-order valence-corrected chi connectivity index (χ4v) is 0.924. The number of carboxylic acids is 2. The van der Waals surface area contributed by atoms with Gasteiger partial charge in [-0.15, -0.1) is 13.2 Å². The Morgan fingerprint density at radius 3 is 1.26 bits per heavy atom. The first kappa shape index (κ1) is 24.9. The van der Waals surface area contributed by atoms with Crippen molar-refractivity contribution in [1.82, 2.24) is 0 Å². The molecule has 5 heteroatoms. The molecule has 0 fully saturated rings. The Balaban J connectivity index is -0.000000303. The number of ether oxygens (including phenoxy) is 1. The normalized spacial score (nSPS) is 7.22. The van der Waals surface area contributed by atoms with Crippen LogP contribution in [0.15, 0.2) is 75.3 Å². The van der Waals surface area contributed by atoms with Crippen molar-refractivity contribution < 1.29 is 24.5 Å². The molecule has 0 aromatic heterocycles. The van der Waals surface area contributed by atoms with Crippen LogP contribution in [0.3, 0.4) is 0 Å². The van der Waals surface area contributed by atoms with E-state index in [4.69, 9.17) is 10.2 Å². The minimum absolute atomic E-state index is 0.190. The molecule has 0 aliphatic carbocycles. The van der Waals surface area contributed by atoms with Crippen LogP contribution < -0.4 is 0 Å². The van der Waals surface area contributed by atoms with Crippen LogP contribution in [0, 0.1) is 0 Å². The lowest BCUT2D eigenvalue weighted by Gasteiger charge is -1.98. The second-order valence-electron chi connectivity index (χ2n) is 3.44. The molecule has 0 unspecified atom stereocenters. The molecule has 2 N–H and O–H groups in total. The Labute approximate surface area is 137 Å². The molecule has 1 aromatic rings. The van der Waals surface area contributed by atoms with Gasteiger partial charge in [0, 0.05) is 0 Å². The summed E-state index contributed by atoms with van der Waals surface area (Å²) in [7, 11) is 0. The summed E-state index contributed by atoms with van der Waals surface area (Å²) in [5.74, 6) is -2.46. The smallest absolute Gasteiger partial charge is 0.336 e. The fraction of sp³-hybridized carbons (Fsp3) is 0.111. The van der Waals surface area contributed by atoms with Gasteiger partial charge in [-0.3, -0.25) is 0 Å². The molecule has 5 nitrogen and oxygen atoms in total. The van der Waals surface area contributed by atoms with Crippen molar-refractivity contribution in [3.05, 3.63) is 86.4 Å². The zero-order valence-corrected chi connectivity index (χ0v) is 13.6. The second-order valence-corrected chi connectivity index (χ2v) is 3.44. The number of allylic oxidation sites excluding steroid dienone is 2. The molecule has 0 saturated carbocycles. The Kier molecular flexibility index (Phi) is 20.5. The lowest BCUT2D eigenvalue weighted by molar-refractivity contribution is 0.0651. The molecule has 0 heterocycles. The third-order valence-corrected chi connectivity index (χ3v) is 1.58. The molecule has 126 valence electrons. The zero-order valence-electron chi connectivity index (χ0n) is 13.6. The Hall–Kier alpha value is -3.08. The molecule has 0 radical (unpaired) electrons. The maximum absolute atomic E-state index is 10.5. The summed E-state index contributed by atoms with van der Waals surface area (Å²) in [6.07, 6.45) is 6.12. The van der Waals surface area contributed by atoms with Crippen molar-refractivity contribution in [2.24, 2.45) is 0 Å². The number of rotatable bonds is 4. The van der Waals surface area contributed by atoms with Crippen LogP contribution in [0.2, 0.25) is 0 Å². The number of benzene rings is 1. The third-order valence-electron chi connectivity index (χ3n) is 1.58. The topological polar surface area (TPSA) is 83.8 Å². The first-order chi connectivity index (χ1) is 10.9. The van der Waals surface area contributed by atoms with Gasteiger partial charge < -0.3 is 14.9 Å². The highest BCUT2D eigenvalue weighted by atomic mass is 16.5. The molecule has 1 aromatic carbocycles. The van der Waals surface area contributed by atoms with Gasteiger partial charge in [0.25, 0.3) is 0 Å². The van der Waals surface area contributed by atoms with Gasteiger partial charge in [-0.2, -0.15) is 0 Å². The summed E-state index contributed by atoms with van der Waals surface area (Å²) < 4.78 is 4.36. The van der Waals surface area contributed by atoms with E-state index in [2.05, 4.69) is 31.1 Å². The van der Waals surface area contributed by atoms with Crippen molar-refractivity contribution >= 4 is 11.9 Å². The molecule has 0 amide bonds. The highest BCUT2D eigenvalue weighted by molar-refractivity contribution is 6.01. The summed E-state index contributed by atoms with van der Waals surface area (Å²) in [4.78, 5) is 20.9. The van der Waals surface area contributed by atoms with E-state index < -0.39 is 11.9 Å².